The smallest absolute Gasteiger partial charge is 0.328 e. The molecule has 0 aliphatic rings. The third-order valence-electron chi connectivity index (χ3n) is 2.78. The minimum absolute atomic E-state index is 0.0158. The van der Waals surface area contributed by atoms with Crippen molar-refractivity contribution in [2.45, 2.75) is 13.0 Å². The molecule has 0 spiro atoms. The number of hydrogen-bond donors (Lipinski definition) is 1. The Kier molecular flexibility index (Phi) is 4.14. The van der Waals surface area contributed by atoms with Crippen LogP contribution >= 0.6 is 0 Å². The Hall–Kier alpha value is -2.63. The first-order valence-corrected chi connectivity index (χ1v) is 6.12. The number of para-hydroxylation sites is 1. The lowest BCUT2D eigenvalue weighted by Gasteiger charge is -2.07. The number of aromatic amines is 1. The lowest BCUT2D eigenvalue weighted by Crippen LogP contribution is -2.36. The zero-order valence-electron chi connectivity index (χ0n) is 10.8. The second-order valence-corrected chi connectivity index (χ2v) is 4.15. The summed E-state index contributed by atoms with van der Waals surface area (Å²) in [6, 6.07) is 6.75. The van der Waals surface area contributed by atoms with E-state index in [9.17, 15) is 14.4 Å². The van der Waals surface area contributed by atoms with Crippen LogP contribution < -0.4 is 11.2 Å². The average molecular weight is 274 g/mol. The van der Waals surface area contributed by atoms with Gasteiger partial charge < -0.3 is 9.72 Å². The molecule has 2 rings (SSSR count). The summed E-state index contributed by atoms with van der Waals surface area (Å²) in [5, 5.41) is 0.421. The van der Waals surface area contributed by atoms with Crippen LogP contribution in [0.3, 0.4) is 0 Å². The summed E-state index contributed by atoms with van der Waals surface area (Å²) in [5.74, 6) is -0.440. The van der Waals surface area contributed by atoms with E-state index in [0.29, 0.717) is 10.9 Å². The van der Waals surface area contributed by atoms with Crippen molar-refractivity contribution in [3.05, 3.63) is 57.8 Å². The van der Waals surface area contributed by atoms with Gasteiger partial charge in [0.25, 0.3) is 5.56 Å². The fraction of sp³-hybridized carbons (Fsp3) is 0.214. The SMILES string of the molecule is C=CCC(=O)OCCn1c(=O)[nH]c2ccccc2c1=O. The van der Waals surface area contributed by atoms with Crippen LogP contribution in [-0.2, 0) is 16.1 Å². The lowest BCUT2D eigenvalue weighted by atomic mass is 10.2. The predicted molar refractivity (Wildman–Crippen MR) is 74.6 cm³/mol. The van der Waals surface area contributed by atoms with E-state index >= 15 is 0 Å². The van der Waals surface area contributed by atoms with Crippen LogP contribution in [0.2, 0.25) is 0 Å². The number of hydrogen-bond acceptors (Lipinski definition) is 4. The van der Waals surface area contributed by atoms with E-state index in [-0.39, 0.29) is 19.6 Å². The zero-order chi connectivity index (χ0) is 14.5. The van der Waals surface area contributed by atoms with Gasteiger partial charge in [0.2, 0.25) is 0 Å². The van der Waals surface area contributed by atoms with E-state index < -0.39 is 17.2 Å². The molecule has 0 amide bonds. The Bertz CT molecular complexity index is 758. The molecule has 0 radical (unpaired) electrons. The molecule has 1 heterocycles. The number of carbonyl (C=O) groups excluding carboxylic acids is 1. The number of H-pyrrole nitrogens is 1. The molecule has 0 fully saturated rings. The summed E-state index contributed by atoms with van der Waals surface area (Å²) in [7, 11) is 0. The molecule has 6 nitrogen and oxygen atoms in total. The standard InChI is InChI=1S/C14H14N2O4/c1-2-5-12(17)20-9-8-16-13(18)10-6-3-4-7-11(10)15-14(16)19/h2-4,6-7H,1,5,8-9H2,(H,15,19). The fourth-order valence-corrected chi connectivity index (χ4v) is 1.83. The predicted octanol–water partition coefficient (Wildman–Crippen LogP) is 0.809. The number of carbonyl (C=O) groups is 1. The third-order valence-corrected chi connectivity index (χ3v) is 2.78. The topological polar surface area (TPSA) is 81.2 Å². The molecule has 6 heteroatoms. The molecule has 1 aromatic heterocycles. The summed E-state index contributed by atoms with van der Waals surface area (Å²) in [5.41, 5.74) is -0.431. The zero-order valence-corrected chi connectivity index (χ0v) is 10.8. The summed E-state index contributed by atoms with van der Waals surface area (Å²) in [6.45, 7) is 3.40. The van der Waals surface area contributed by atoms with Gasteiger partial charge in [0.15, 0.2) is 0 Å². The quantitative estimate of drug-likeness (QED) is 0.646. The van der Waals surface area contributed by atoms with Crippen LogP contribution in [0.15, 0.2) is 46.5 Å². The molecule has 0 aliphatic carbocycles. The molecule has 0 atom stereocenters. The molecule has 0 saturated carbocycles. The lowest BCUT2D eigenvalue weighted by molar-refractivity contribution is -0.142. The van der Waals surface area contributed by atoms with Crippen molar-refractivity contribution >= 4 is 16.9 Å². The highest BCUT2D eigenvalue weighted by Crippen LogP contribution is 2.02. The van der Waals surface area contributed by atoms with Gasteiger partial charge in [0.1, 0.15) is 6.61 Å². The van der Waals surface area contributed by atoms with E-state index in [4.69, 9.17) is 4.74 Å². The molecule has 0 unspecified atom stereocenters. The highest BCUT2D eigenvalue weighted by Gasteiger charge is 2.07. The number of nitrogens with zero attached hydrogens (tertiary/aromatic N) is 1. The summed E-state index contributed by atoms with van der Waals surface area (Å²) >= 11 is 0. The molecule has 0 aliphatic heterocycles. The van der Waals surface area contributed by atoms with Crippen molar-refractivity contribution in [3.8, 4) is 0 Å². The fourth-order valence-electron chi connectivity index (χ4n) is 1.83. The Morgan fingerprint density at radius 1 is 1.35 bits per heavy atom. The van der Waals surface area contributed by atoms with Gasteiger partial charge in [-0.15, -0.1) is 6.58 Å². The second kappa shape index (κ2) is 6.01. The van der Waals surface area contributed by atoms with Gasteiger partial charge >= 0.3 is 11.7 Å². The van der Waals surface area contributed by atoms with Crippen molar-refractivity contribution < 1.29 is 9.53 Å². The maximum absolute atomic E-state index is 12.1. The minimum Gasteiger partial charge on any atom is -0.464 e. The van der Waals surface area contributed by atoms with E-state index in [1.54, 1.807) is 24.3 Å². The summed E-state index contributed by atoms with van der Waals surface area (Å²) in [6.07, 6.45) is 1.53. The number of benzene rings is 1. The molecular weight excluding hydrogens is 260 g/mol. The van der Waals surface area contributed by atoms with Gasteiger partial charge in [-0.05, 0) is 12.1 Å². The number of aromatic nitrogens is 2. The number of rotatable bonds is 5. The van der Waals surface area contributed by atoms with Crippen LogP contribution in [0.5, 0.6) is 0 Å². The first kappa shape index (κ1) is 13.8. The molecule has 0 bridgehead atoms. The Morgan fingerprint density at radius 3 is 2.85 bits per heavy atom. The molecule has 1 N–H and O–H groups in total. The van der Waals surface area contributed by atoms with E-state index in [2.05, 4.69) is 11.6 Å². The highest BCUT2D eigenvalue weighted by atomic mass is 16.5. The monoisotopic (exact) mass is 274 g/mol. The van der Waals surface area contributed by atoms with Gasteiger partial charge in [-0.25, -0.2) is 4.79 Å². The molecule has 2 aromatic rings. The average Bonchev–Trinajstić information content (AvgIpc) is 2.43. The third kappa shape index (κ3) is 2.85. The highest BCUT2D eigenvalue weighted by molar-refractivity contribution is 5.76. The van der Waals surface area contributed by atoms with Crippen LogP contribution in [0.4, 0.5) is 0 Å². The van der Waals surface area contributed by atoms with Crippen LogP contribution in [0.25, 0.3) is 10.9 Å². The number of nitrogens with one attached hydrogen (secondary N) is 1. The number of fused-ring (bicyclic) bond motifs is 1. The molecule has 0 saturated heterocycles. The molecule has 20 heavy (non-hydrogen) atoms. The maximum Gasteiger partial charge on any atom is 0.328 e. The van der Waals surface area contributed by atoms with Crippen molar-refractivity contribution in [1.82, 2.24) is 9.55 Å². The van der Waals surface area contributed by atoms with Crippen LogP contribution in [-0.4, -0.2) is 22.1 Å². The second-order valence-electron chi connectivity index (χ2n) is 4.15. The molecular formula is C14H14N2O4. The van der Waals surface area contributed by atoms with E-state index in [1.165, 1.54) is 6.08 Å². The minimum atomic E-state index is -0.520. The normalized spacial score (nSPS) is 10.4. The Balaban J connectivity index is 2.22. The van der Waals surface area contributed by atoms with Crippen LogP contribution in [0.1, 0.15) is 6.42 Å². The van der Waals surface area contributed by atoms with Gasteiger partial charge in [0.05, 0.1) is 23.9 Å². The van der Waals surface area contributed by atoms with Gasteiger partial charge in [-0.2, -0.15) is 0 Å². The molecule has 104 valence electrons. The Morgan fingerprint density at radius 2 is 2.10 bits per heavy atom. The van der Waals surface area contributed by atoms with Gasteiger partial charge in [0, 0.05) is 0 Å². The number of esters is 1. The van der Waals surface area contributed by atoms with Crippen molar-refractivity contribution in [1.29, 1.82) is 0 Å². The van der Waals surface area contributed by atoms with Gasteiger partial charge in [-0.3, -0.25) is 14.2 Å². The number of ether oxygens (including phenoxy) is 1. The first-order chi connectivity index (χ1) is 9.63. The van der Waals surface area contributed by atoms with Crippen molar-refractivity contribution in [2.75, 3.05) is 6.61 Å². The largest absolute Gasteiger partial charge is 0.464 e. The van der Waals surface area contributed by atoms with Gasteiger partial charge in [-0.1, -0.05) is 18.2 Å². The van der Waals surface area contributed by atoms with E-state index in [1.807, 2.05) is 0 Å². The first-order valence-electron chi connectivity index (χ1n) is 6.12. The van der Waals surface area contributed by atoms with Crippen molar-refractivity contribution in [2.24, 2.45) is 0 Å². The van der Waals surface area contributed by atoms with Crippen LogP contribution in [0, 0.1) is 0 Å². The molecule has 1 aromatic carbocycles. The summed E-state index contributed by atoms with van der Waals surface area (Å²) in [4.78, 5) is 37.7. The van der Waals surface area contributed by atoms with Crippen molar-refractivity contribution in [3.63, 3.8) is 0 Å². The maximum atomic E-state index is 12.1. The summed E-state index contributed by atoms with van der Waals surface area (Å²) < 4.78 is 5.90. The van der Waals surface area contributed by atoms with E-state index in [0.717, 1.165) is 4.57 Å². The Labute approximate surface area is 114 Å².